The van der Waals surface area contributed by atoms with Crippen molar-refractivity contribution < 1.29 is 8.42 Å². The average Bonchev–Trinajstić information content (AvgIpc) is 2.80. The number of rotatable bonds is 4. The lowest BCUT2D eigenvalue weighted by Gasteiger charge is -2.38. The molecule has 2 rings (SSSR count). The van der Waals surface area contributed by atoms with Crippen molar-refractivity contribution in [3.8, 4) is 0 Å². The average molecular weight is 366 g/mol. The van der Waals surface area contributed by atoms with Crippen LogP contribution in [0.1, 0.15) is 37.5 Å². The van der Waals surface area contributed by atoms with Crippen molar-refractivity contribution >= 4 is 37.3 Å². The quantitative estimate of drug-likeness (QED) is 0.827. The molecule has 0 atom stereocenters. The molecule has 1 fully saturated rings. The van der Waals surface area contributed by atoms with Crippen molar-refractivity contribution in [3.63, 3.8) is 0 Å². The zero-order chi connectivity index (χ0) is 14.1. The molecule has 1 aliphatic rings. The molecule has 0 bridgehead atoms. The maximum absolute atomic E-state index is 12.4. The summed E-state index contributed by atoms with van der Waals surface area (Å²) in [6.07, 6.45) is 3.97. The fourth-order valence-electron chi connectivity index (χ4n) is 2.47. The lowest BCUT2D eigenvalue weighted by Crippen LogP contribution is -2.51. The highest BCUT2D eigenvalue weighted by Crippen LogP contribution is 2.35. The summed E-state index contributed by atoms with van der Waals surface area (Å²) in [5.74, 6) is 0.695. The first-order valence-corrected chi connectivity index (χ1v) is 9.95. The minimum Gasteiger partial charge on any atom is -0.206 e. The molecule has 1 aromatic heterocycles. The van der Waals surface area contributed by atoms with E-state index in [0.29, 0.717) is 15.5 Å². The zero-order valence-electron chi connectivity index (χ0n) is 11.3. The monoisotopic (exact) mass is 365 g/mol. The third kappa shape index (κ3) is 3.60. The van der Waals surface area contributed by atoms with E-state index < -0.39 is 10.0 Å². The standard InChI is InChI=1S/C13H20BrNO2S2/c1-10-5-7-13(9-14,8-6-10)15-19(16,17)12-4-3-11(2)18-12/h3-4,10,15H,5-9H2,1-2H3. The summed E-state index contributed by atoms with van der Waals surface area (Å²) >= 11 is 4.82. The van der Waals surface area contributed by atoms with Gasteiger partial charge in [0, 0.05) is 15.7 Å². The summed E-state index contributed by atoms with van der Waals surface area (Å²) in [4.78, 5) is 1.02. The van der Waals surface area contributed by atoms with E-state index in [1.165, 1.54) is 11.3 Å². The van der Waals surface area contributed by atoms with Gasteiger partial charge in [0.05, 0.1) is 0 Å². The highest BCUT2D eigenvalue weighted by Gasteiger charge is 2.37. The number of hydrogen-bond acceptors (Lipinski definition) is 3. The molecule has 0 radical (unpaired) electrons. The number of alkyl halides is 1. The van der Waals surface area contributed by atoms with E-state index in [1.807, 2.05) is 13.0 Å². The van der Waals surface area contributed by atoms with Gasteiger partial charge in [0.15, 0.2) is 0 Å². The van der Waals surface area contributed by atoms with Crippen molar-refractivity contribution in [2.45, 2.75) is 49.3 Å². The van der Waals surface area contributed by atoms with Gasteiger partial charge >= 0.3 is 0 Å². The first-order chi connectivity index (χ1) is 8.87. The number of halogens is 1. The van der Waals surface area contributed by atoms with Crippen LogP contribution in [0.15, 0.2) is 16.3 Å². The maximum Gasteiger partial charge on any atom is 0.250 e. The molecule has 108 valence electrons. The Morgan fingerprint density at radius 2 is 2.05 bits per heavy atom. The Balaban J connectivity index is 2.18. The van der Waals surface area contributed by atoms with Crippen molar-refractivity contribution in [3.05, 3.63) is 17.0 Å². The predicted octanol–water partition coefficient (Wildman–Crippen LogP) is 3.68. The maximum atomic E-state index is 12.4. The molecule has 1 heterocycles. The van der Waals surface area contributed by atoms with Crippen LogP contribution in [0.3, 0.4) is 0 Å². The molecule has 1 saturated carbocycles. The van der Waals surface area contributed by atoms with E-state index in [0.717, 1.165) is 30.6 Å². The molecule has 0 saturated heterocycles. The lowest BCUT2D eigenvalue weighted by atomic mass is 9.79. The molecule has 1 N–H and O–H groups in total. The van der Waals surface area contributed by atoms with Crippen LogP contribution < -0.4 is 4.72 Å². The Hall–Kier alpha value is 0.0900. The van der Waals surface area contributed by atoms with E-state index >= 15 is 0 Å². The molecule has 6 heteroatoms. The minimum atomic E-state index is -3.39. The van der Waals surface area contributed by atoms with Crippen LogP contribution >= 0.6 is 27.3 Å². The Kier molecular flexibility index (Phi) is 4.75. The lowest BCUT2D eigenvalue weighted by molar-refractivity contribution is 0.250. The van der Waals surface area contributed by atoms with Gasteiger partial charge in [-0.05, 0) is 50.7 Å². The molecule has 0 amide bonds. The summed E-state index contributed by atoms with van der Waals surface area (Å²) in [6, 6.07) is 3.54. The fraction of sp³-hybridized carbons (Fsp3) is 0.692. The minimum absolute atomic E-state index is 0.316. The third-order valence-electron chi connectivity index (χ3n) is 3.82. The van der Waals surface area contributed by atoms with Crippen molar-refractivity contribution in [1.82, 2.24) is 4.72 Å². The molecule has 0 unspecified atom stereocenters. The zero-order valence-corrected chi connectivity index (χ0v) is 14.5. The SMILES string of the molecule is Cc1ccc(S(=O)(=O)NC2(CBr)CCC(C)CC2)s1. The smallest absolute Gasteiger partial charge is 0.206 e. The van der Waals surface area contributed by atoms with Gasteiger partial charge < -0.3 is 0 Å². The Morgan fingerprint density at radius 1 is 1.42 bits per heavy atom. The number of thiophene rings is 1. The van der Waals surface area contributed by atoms with Gasteiger partial charge in [0.1, 0.15) is 4.21 Å². The molecule has 3 nitrogen and oxygen atoms in total. The van der Waals surface area contributed by atoms with Crippen molar-refractivity contribution in [2.75, 3.05) is 5.33 Å². The van der Waals surface area contributed by atoms with Crippen LogP contribution in [0.4, 0.5) is 0 Å². The van der Waals surface area contributed by atoms with Crippen LogP contribution in [-0.4, -0.2) is 19.3 Å². The summed E-state index contributed by atoms with van der Waals surface area (Å²) in [5.41, 5.74) is -0.316. The first kappa shape index (κ1) is 15.5. The second kappa shape index (κ2) is 5.84. The largest absolute Gasteiger partial charge is 0.250 e. The van der Waals surface area contributed by atoms with Crippen LogP contribution in [0.5, 0.6) is 0 Å². The number of nitrogens with one attached hydrogen (secondary N) is 1. The molecule has 0 aromatic carbocycles. The van der Waals surface area contributed by atoms with E-state index in [9.17, 15) is 8.42 Å². The van der Waals surface area contributed by atoms with Crippen molar-refractivity contribution in [1.29, 1.82) is 0 Å². The van der Waals surface area contributed by atoms with Gasteiger partial charge in [0.25, 0.3) is 10.0 Å². The normalized spacial score (nSPS) is 28.5. The third-order valence-corrected chi connectivity index (χ3v) is 7.96. The van der Waals surface area contributed by atoms with Gasteiger partial charge in [-0.1, -0.05) is 22.9 Å². The molecular formula is C13H20BrNO2S2. The molecular weight excluding hydrogens is 346 g/mol. The second-order valence-corrected chi connectivity index (χ2v) is 9.32. The highest BCUT2D eigenvalue weighted by molar-refractivity contribution is 9.09. The highest BCUT2D eigenvalue weighted by atomic mass is 79.9. The van der Waals surface area contributed by atoms with Crippen molar-refractivity contribution in [2.24, 2.45) is 5.92 Å². The fourth-order valence-corrected chi connectivity index (χ4v) is 6.10. The first-order valence-electron chi connectivity index (χ1n) is 6.53. The summed E-state index contributed by atoms with van der Waals surface area (Å²) < 4.78 is 28.2. The van der Waals surface area contributed by atoms with E-state index in [-0.39, 0.29) is 5.54 Å². The Bertz CT molecular complexity index is 531. The van der Waals surface area contributed by atoms with Gasteiger partial charge in [-0.2, -0.15) is 0 Å². The Labute approximate surface area is 128 Å². The summed E-state index contributed by atoms with van der Waals surface area (Å²) in [7, 11) is -3.39. The van der Waals surface area contributed by atoms with Crippen LogP contribution in [0, 0.1) is 12.8 Å². The van der Waals surface area contributed by atoms with Crippen LogP contribution in [-0.2, 0) is 10.0 Å². The van der Waals surface area contributed by atoms with Crippen LogP contribution in [0.25, 0.3) is 0 Å². The van der Waals surface area contributed by atoms with E-state index in [4.69, 9.17) is 0 Å². The molecule has 1 aromatic rings. The topological polar surface area (TPSA) is 46.2 Å². The summed E-state index contributed by atoms with van der Waals surface area (Å²) in [6.45, 7) is 4.15. The molecule has 1 aliphatic carbocycles. The predicted molar refractivity (Wildman–Crippen MR) is 83.5 cm³/mol. The van der Waals surface area contributed by atoms with Gasteiger partial charge in [-0.25, -0.2) is 13.1 Å². The molecule has 19 heavy (non-hydrogen) atoms. The van der Waals surface area contributed by atoms with E-state index in [2.05, 4.69) is 27.6 Å². The Morgan fingerprint density at radius 3 is 2.53 bits per heavy atom. The van der Waals surface area contributed by atoms with Gasteiger partial charge in [0.2, 0.25) is 0 Å². The van der Waals surface area contributed by atoms with E-state index in [1.54, 1.807) is 6.07 Å². The number of hydrogen-bond donors (Lipinski definition) is 1. The molecule has 0 aliphatic heterocycles. The molecule has 0 spiro atoms. The summed E-state index contributed by atoms with van der Waals surface area (Å²) in [5, 5.41) is 0.677. The second-order valence-electron chi connectivity index (χ2n) is 5.57. The van der Waals surface area contributed by atoms with Crippen LogP contribution in [0.2, 0.25) is 0 Å². The number of aryl methyl sites for hydroxylation is 1. The number of sulfonamides is 1. The van der Waals surface area contributed by atoms with Gasteiger partial charge in [-0.15, -0.1) is 11.3 Å². The van der Waals surface area contributed by atoms with Gasteiger partial charge in [-0.3, -0.25) is 0 Å².